The van der Waals surface area contributed by atoms with Crippen molar-refractivity contribution >= 4 is 11.5 Å². The van der Waals surface area contributed by atoms with Gasteiger partial charge in [-0.1, -0.05) is 20.3 Å². The fraction of sp³-hybridized carbons (Fsp3) is 0.667. The highest BCUT2D eigenvalue weighted by Gasteiger charge is 2.44. The monoisotopic (exact) mass is 245 g/mol. The second kappa shape index (κ2) is 4.15. The standard InChI is InChI=1S/C15H23N3/c1-11(2)9-18(3)12-7-13-14(16-8-12)17-10-15(13)5-4-6-15/h7-8,11H,4-6,9-10H2,1-3H3,(H,16,17). The Hall–Kier alpha value is -1.25. The number of fused-ring (bicyclic) bond motifs is 2. The van der Waals surface area contributed by atoms with Gasteiger partial charge in [-0.05, 0) is 24.8 Å². The summed E-state index contributed by atoms with van der Waals surface area (Å²) in [7, 11) is 2.17. The van der Waals surface area contributed by atoms with E-state index in [0.29, 0.717) is 11.3 Å². The number of hydrogen-bond donors (Lipinski definition) is 1. The maximum absolute atomic E-state index is 4.61. The first-order valence-electron chi connectivity index (χ1n) is 7.06. The number of nitrogens with one attached hydrogen (secondary N) is 1. The average Bonchev–Trinajstić information content (AvgIpc) is 2.65. The molecule has 2 aliphatic rings. The third-order valence-electron chi connectivity index (χ3n) is 4.43. The van der Waals surface area contributed by atoms with Gasteiger partial charge in [0.25, 0.3) is 0 Å². The molecule has 1 fully saturated rings. The van der Waals surface area contributed by atoms with Gasteiger partial charge >= 0.3 is 0 Å². The van der Waals surface area contributed by atoms with Crippen LogP contribution in [0.5, 0.6) is 0 Å². The number of hydrogen-bond acceptors (Lipinski definition) is 3. The summed E-state index contributed by atoms with van der Waals surface area (Å²) in [6, 6.07) is 2.36. The summed E-state index contributed by atoms with van der Waals surface area (Å²) in [5.41, 5.74) is 3.14. The molecule has 0 bridgehead atoms. The summed E-state index contributed by atoms with van der Waals surface area (Å²) in [6.07, 6.45) is 6.02. The van der Waals surface area contributed by atoms with E-state index < -0.39 is 0 Å². The molecule has 1 spiro atoms. The highest BCUT2D eigenvalue weighted by Crippen LogP contribution is 2.50. The van der Waals surface area contributed by atoms with Gasteiger partial charge in [-0.25, -0.2) is 4.98 Å². The van der Waals surface area contributed by atoms with Crippen LogP contribution in [-0.4, -0.2) is 25.1 Å². The first-order chi connectivity index (χ1) is 8.61. The predicted molar refractivity (Wildman–Crippen MR) is 76.4 cm³/mol. The van der Waals surface area contributed by atoms with Gasteiger partial charge in [-0.3, -0.25) is 0 Å². The van der Waals surface area contributed by atoms with E-state index >= 15 is 0 Å². The molecule has 0 radical (unpaired) electrons. The Labute approximate surface area is 110 Å². The summed E-state index contributed by atoms with van der Waals surface area (Å²) in [5.74, 6) is 1.80. The minimum Gasteiger partial charge on any atom is -0.373 e. The number of nitrogens with zero attached hydrogens (tertiary/aromatic N) is 2. The predicted octanol–water partition coefficient (Wildman–Crippen LogP) is 3.02. The minimum atomic E-state index is 0.414. The lowest BCUT2D eigenvalue weighted by Gasteiger charge is -2.38. The SMILES string of the molecule is CC(C)CN(C)c1cnc2c(c1)C1(CCC1)CN2. The van der Waals surface area contributed by atoms with Crippen LogP contribution in [0.3, 0.4) is 0 Å². The molecule has 3 rings (SSSR count). The number of pyridine rings is 1. The lowest BCUT2D eigenvalue weighted by Crippen LogP contribution is -2.36. The molecule has 0 saturated heterocycles. The van der Waals surface area contributed by atoms with Crippen LogP contribution in [0.15, 0.2) is 12.3 Å². The van der Waals surface area contributed by atoms with Crippen molar-refractivity contribution in [3.05, 3.63) is 17.8 Å². The molecule has 98 valence electrons. The van der Waals surface area contributed by atoms with E-state index in [2.05, 4.69) is 42.2 Å². The van der Waals surface area contributed by atoms with Crippen molar-refractivity contribution in [2.45, 2.75) is 38.5 Å². The lowest BCUT2D eigenvalue weighted by molar-refractivity contribution is 0.272. The van der Waals surface area contributed by atoms with Crippen molar-refractivity contribution in [2.75, 3.05) is 30.4 Å². The van der Waals surface area contributed by atoms with Crippen LogP contribution >= 0.6 is 0 Å². The first-order valence-corrected chi connectivity index (χ1v) is 7.06. The summed E-state index contributed by atoms with van der Waals surface area (Å²) in [4.78, 5) is 6.93. The largest absolute Gasteiger partial charge is 0.373 e. The molecule has 1 N–H and O–H groups in total. The Morgan fingerprint density at radius 2 is 2.22 bits per heavy atom. The quantitative estimate of drug-likeness (QED) is 0.887. The van der Waals surface area contributed by atoms with E-state index in [0.717, 1.165) is 18.9 Å². The van der Waals surface area contributed by atoms with Crippen molar-refractivity contribution in [2.24, 2.45) is 5.92 Å². The molecule has 0 unspecified atom stereocenters. The Morgan fingerprint density at radius 1 is 1.44 bits per heavy atom. The molecule has 1 aliphatic heterocycles. The van der Waals surface area contributed by atoms with Crippen LogP contribution in [0, 0.1) is 5.92 Å². The van der Waals surface area contributed by atoms with Gasteiger partial charge in [0.2, 0.25) is 0 Å². The normalized spacial score (nSPS) is 19.6. The fourth-order valence-corrected chi connectivity index (χ4v) is 3.26. The molecule has 2 heterocycles. The molecule has 3 nitrogen and oxygen atoms in total. The fourth-order valence-electron chi connectivity index (χ4n) is 3.26. The summed E-state index contributed by atoms with van der Waals surface area (Å²) < 4.78 is 0. The maximum Gasteiger partial charge on any atom is 0.129 e. The Kier molecular flexibility index (Phi) is 2.72. The molecular weight excluding hydrogens is 222 g/mol. The van der Waals surface area contributed by atoms with Crippen LogP contribution in [-0.2, 0) is 5.41 Å². The highest BCUT2D eigenvalue weighted by molar-refractivity contribution is 5.62. The molecule has 1 saturated carbocycles. The number of aromatic nitrogens is 1. The zero-order chi connectivity index (χ0) is 12.8. The third kappa shape index (κ3) is 1.76. The van der Waals surface area contributed by atoms with Crippen molar-refractivity contribution in [1.82, 2.24) is 4.98 Å². The van der Waals surface area contributed by atoms with Gasteiger partial charge in [0.05, 0.1) is 11.9 Å². The van der Waals surface area contributed by atoms with Crippen LogP contribution in [0.2, 0.25) is 0 Å². The van der Waals surface area contributed by atoms with Gasteiger partial charge < -0.3 is 10.2 Å². The minimum absolute atomic E-state index is 0.414. The lowest BCUT2D eigenvalue weighted by atomic mass is 9.66. The smallest absolute Gasteiger partial charge is 0.129 e. The van der Waals surface area contributed by atoms with E-state index in [1.165, 1.54) is 30.5 Å². The first kappa shape index (κ1) is 11.8. The van der Waals surface area contributed by atoms with E-state index in [1.807, 2.05) is 6.20 Å². The molecule has 0 aromatic carbocycles. The van der Waals surface area contributed by atoms with Crippen molar-refractivity contribution in [3.63, 3.8) is 0 Å². The molecular formula is C15H23N3. The van der Waals surface area contributed by atoms with Gasteiger partial charge in [0.1, 0.15) is 5.82 Å². The number of anilines is 2. The van der Waals surface area contributed by atoms with E-state index in [-0.39, 0.29) is 0 Å². The Morgan fingerprint density at radius 3 is 2.83 bits per heavy atom. The van der Waals surface area contributed by atoms with Gasteiger partial charge in [-0.15, -0.1) is 0 Å². The van der Waals surface area contributed by atoms with Gasteiger partial charge in [0, 0.05) is 31.1 Å². The van der Waals surface area contributed by atoms with Crippen molar-refractivity contribution < 1.29 is 0 Å². The molecule has 0 amide bonds. The van der Waals surface area contributed by atoms with Gasteiger partial charge in [-0.2, -0.15) is 0 Å². The van der Waals surface area contributed by atoms with Crippen molar-refractivity contribution in [1.29, 1.82) is 0 Å². The van der Waals surface area contributed by atoms with Gasteiger partial charge in [0.15, 0.2) is 0 Å². The molecule has 1 aromatic heterocycles. The summed E-state index contributed by atoms with van der Waals surface area (Å²) in [5, 5.41) is 3.47. The van der Waals surface area contributed by atoms with E-state index in [4.69, 9.17) is 0 Å². The Balaban J connectivity index is 1.88. The van der Waals surface area contributed by atoms with E-state index in [1.54, 1.807) is 0 Å². The van der Waals surface area contributed by atoms with E-state index in [9.17, 15) is 0 Å². The van der Waals surface area contributed by atoms with Crippen LogP contribution in [0.4, 0.5) is 11.5 Å². The zero-order valence-electron chi connectivity index (χ0n) is 11.7. The maximum atomic E-state index is 4.61. The second-order valence-electron chi connectivity index (χ2n) is 6.35. The van der Waals surface area contributed by atoms with Crippen molar-refractivity contribution in [3.8, 4) is 0 Å². The average molecular weight is 245 g/mol. The summed E-state index contributed by atoms with van der Waals surface area (Å²) in [6.45, 7) is 6.69. The zero-order valence-corrected chi connectivity index (χ0v) is 11.7. The van der Waals surface area contributed by atoms with Crippen LogP contribution < -0.4 is 10.2 Å². The summed E-state index contributed by atoms with van der Waals surface area (Å²) >= 11 is 0. The second-order valence-corrected chi connectivity index (χ2v) is 6.35. The highest BCUT2D eigenvalue weighted by atomic mass is 15.1. The molecule has 0 atom stereocenters. The Bertz CT molecular complexity index is 449. The topological polar surface area (TPSA) is 28.2 Å². The molecule has 1 aliphatic carbocycles. The number of rotatable bonds is 3. The van der Waals surface area contributed by atoms with Crippen LogP contribution in [0.1, 0.15) is 38.7 Å². The van der Waals surface area contributed by atoms with Crippen LogP contribution in [0.25, 0.3) is 0 Å². The molecule has 18 heavy (non-hydrogen) atoms. The third-order valence-corrected chi connectivity index (χ3v) is 4.43. The molecule has 1 aromatic rings. The molecule has 3 heteroatoms.